The molecule has 0 aliphatic rings. The van der Waals surface area contributed by atoms with Gasteiger partial charge in [-0.05, 0) is 11.1 Å². The fourth-order valence-electron chi connectivity index (χ4n) is 1.39. The van der Waals surface area contributed by atoms with Gasteiger partial charge >= 0.3 is 12.1 Å². The summed E-state index contributed by atoms with van der Waals surface area (Å²) in [6.45, 7) is -0.921. The lowest BCUT2D eigenvalue weighted by molar-refractivity contribution is -0.173. The maximum Gasteiger partial charge on any atom is 0.471 e. The Morgan fingerprint density at radius 1 is 1.33 bits per heavy atom. The van der Waals surface area contributed by atoms with Crippen molar-refractivity contribution in [1.82, 2.24) is 5.32 Å². The topological polar surface area (TPSA) is 69.6 Å². The highest BCUT2D eigenvalue weighted by Gasteiger charge is 2.38. The quantitative estimate of drug-likeness (QED) is 0.755. The van der Waals surface area contributed by atoms with Gasteiger partial charge in [0.1, 0.15) is 6.10 Å². The fourth-order valence-corrected chi connectivity index (χ4v) is 1.39. The van der Waals surface area contributed by atoms with Crippen LogP contribution in [-0.4, -0.2) is 28.9 Å². The van der Waals surface area contributed by atoms with E-state index in [1.54, 1.807) is 17.4 Å². The zero-order valence-corrected chi connectivity index (χ0v) is 9.24. The maximum atomic E-state index is 12.0. The molecule has 0 spiro atoms. The van der Waals surface area contributed by atoms with Crippen molar-refractivity contribution in [2.24, 2.45) is 0 Å². The molecular weight excluding hydrogens is 251 g/mol. The molecule has 0 fully saturated rings. The maximum absolute atomic E-state index is 12.0. The summed E-state index contributed by atoms with van der Waals surface area (Å²) in [6, 6.07) is 6.06. The van der Waals surface area contributed by atoms with Gasteiger partial charge < -0.3 is 15.5 Å². The molecule has 0 radical (unpaired) electrons. The van der Waals surface area contributed by atoms with Crippen molar-refractivity contribution in [2.45, 2.75) is 18.8 Å². The zero-order chi connectivity index (χ0) is 13.8. The van der Waals surface area contributed by atoms with Gasteiger partial charge in [0.15, 0.2) is 0 Å². The van der Waals surface area contributed by atoms with Crippen molar-refractivity contribution in [2.75, 3.05) is 6.61 Å². The predicted octanol–water partition coefficient (Wildman–Crippen LogP) is 0.891. The normalized spacial score (nSPS) is 13.2. The van der Waals surface area contributed by atoms with Crippen LogP contribution in [0.1, 0.15) is 17.2 Å². The number of amides is 1. The molecule has 1 aromatic carbocycles. The van der Waals surface area contributed by atoms with Crippen molar-refractivity contribution in [3.8, 4) is 0 Å². The van der Waals surface area contributed by atoms with Crippen LogP contribution in [0.2, 0.25) is 0 Å². The zero-order valence-electron chi connectivity index (χ0n) is 9.24. The smallest absolute Gasteiger partial charge is 0.393 e. The van der Waals surface area contributed by atoms with Gasteiger partial charge in [0, 0.05) is 6.54 Å². The Kier molecular flexibility index (Phi) is 4.69. The van der Waals surface area contributed by atoms with E-state index in [4.69, 9.17) is 5.11 Å². The van der Waals surface area contributed by atoms with Crippen LogP contribution in [0.3, 0.4) is 0 Å². The van der Waals surface area contributed by atoms with Gasteiger partial charge in [0.05, 0.1) is 6.61 Å². The number of carbonyl (C=O) groups is 1. The first kappa shape index (κ1) is 14.5. The number of alkyl halides is 3. The van der Waals surface area contributed by atoms with Crippen molar-refractivity contribution in [1.29, 1.82) is 0 Å². The molecule has 0 aliphatic carbocycles. The summed E-state index contributed by atoms with van der Waals surface area (Å²) in [7, 11) is 0. The average molecular weight is 263 g/mol. The Balaban J connectivity index is 2.76. The third-order valence-electron chi connectivity index (χ3n) is 2.28. The molecule has 4 nitrogen and oxygen atoms in total. The molecular formula is C11H12F3NO3. The van der Waals surface area contributed by atoms with Gasteiger partial charge in [-0.25, -0.2) is 0 Å². The Hall–Kier alpha value is -1.60. The summed E-state index contributed by atoms with van der Waals surface area (Å²) >= 11 is 0. The van der Waals surface area contributed by atoms with Crippen molar-refractivity contribution in [3.05, 3.63) is 35.4 Å². The lowest BCUT2D eigenvalue weighted by atomic mass is 10.0. The SMILES string of the molecule is O=C(NCc1ccccc1C(O)CO)C(F)(F)F. The number of nitrogens with one attached hydrogen (secondary N) is 1. The number of aliphatic hydroxyl groups is 2. The van der Waals surface area contributed by atoms with E-state index in [-0.39, 0.29) is 12.1 Å². The predicted molar refractivity (Wildman–Crippen MR) is 56.4 cm³/mol. The van der Waals surface area contributed by atoms with E-state index in [2.05, 4.69) is 0 Å². The largest absolute Gasteiger partial charge is 0.471 e. The van der Waals surface area contributed by atoms with E-state index in [0.717, 1.165) is 0 Å². The summed E-state index contributed by atoms with van der Waals surface area (Å²) in [5.41, 5.74) is 0.596. The van der Waals surface area contributed by atoms with E-state index >= 15 is 0 Å². The minimum Gasteiger partial charge on any atom is -0.393 e. The Morgan fingerprint density at radius 3 is 2.50 bits per heavy atom. The number of hydrogen-bond acceptors (Lipinski definition) is 3. The van der Waals surface area contributed by atoms with Gasteiger partial charge in [0.25, 0.3) is 0 Å². The third kappa shape index (κ3) is 3.71. The van der Waals surface area contributed by atoms with Crippen molar-refractivity contribution in [3.63, 3.8) is 0 Å². The molecule has 100 valence electrons. The molecule has 1 unspecified atom stereocenters. The molecule has 1 rings (SSSR count). The van der Waals surface area contributed by atoms with E-state index in [1.807, 2.05) is 0 Å². The summed E-state index contributed by atoms with van der Waals surface area (Å²) < 4.78 is 35.9. The lowest BCUT2D eigenvalue weighted by Gasteiger charge is -2.14. The minimum absolute atomic E-state index is 0.280. The summed E-state index contributed by atoms with van der Waals surface area (Å²) in [5, 5.41) is 20.0. The Morgan fingerprint density at radius 2 is 1.94 bits per heavy atom. The second kappa shape index (κ2) is 5.83. The number of hydrogen-bond donors (Lipinski definition) is 3. The Labute approximate surface area is 101 Å². The van der Waals surface area contributed by atoms with Crippen LogP contribution in [0.15, 0.2) is 24.3 Å². The fraction of sp³-hybridized carbons (Fsp3) is 0.364. The van der Waals surface area contributed by atoms with Gasteiger partial charge in [0.2, 0.25) is 0 Å². The molecule has 0 saturated carbocycles. The molecule has 0 heterocycles. The molecule has 0 saturated heterocycles. The van der Waals surface area contributed by atoms with E-state index in [9.17, 15) is 23.1 Å². The van der Waals surface area contributed by atoms with Gasteiger partial charge in [-0.1, -0.05) is 24.3 Å². The van der Waals surface area contributed by atoms with Crippen LogP contribution in [0, 0.1) is 0 Å². The second-order valence-electron chi connectivity index (χ2n) is 3.58. The molecule has 1 atom stereocenters. The lowest BCUT2D eigenvalue weighted by Crippen LogP contribution is -2.36. The highest BCUT2D eigenvalue weighted by Crippen LogP contribution is 2.19. The van der Waals surface area contributed by atoms with Crippen LogP contribution < -0.4 is 5.32 Å². The summed E-state index contributed by atoms with van der Waals surface area (Å²) in [5.74, 6) is -2.05. The number of carbonyl (C=O) groups excluding carboxylic acids is 1. The monoisotopic (exact) mass is 263 g/mol. The van der Waals surface area contributed by atoms with Crippen LogP contribution >= 0.6 is 0 Å². The molecule has 0 aliphatic heterocycles. The molecule has 1 amide bonds. The first-order chi connectivity index (χ1) is 8.36. The minimum atomic E-state index is -4.94. The first-order valence-corrected chi connectivity index (χ1v) is 5.08. The average Bonchev–Trinajstić information content (AvgIpc) is 2.34. The second-order valence-corrected chi connectivity index (χ2v) is 3.58. The number of aliphatic hydroxyl groups excluding tert-OH is 2. The van der Waals surface area contributed by atoms with Gasteiger partial charge in [-0.3, -0.25) is 4.79 Å². The number of rotatable bonds is 4. The summed E-state index contributed by atoms with van der Waals surface area (Å²) in [6.07, 6.45) is -6.13. The third-order valence-corrected chi connectivity index (χ3v) is 2.28. The van der Waals surface area contributed by atoms with Crippen LogP contribution in [0.25, 0.3) is 0 Å². The van der Waals surface area contributed by atoms with E-state index < -0.39 is 24.8 Å². The van der Waals surface area contributed by atoms with E-state index in [0.29, 0.717) is 5.56 Å². The van der Waals surface area contributed by atoms with Gasteiger partial charge in [-0.2, -0.15) is 13.2 Å². The molecule has 3 N–H and O–H groups in total. The molecule has 0 bridgehead atoms. The number of benzene rings is 1. The van der Waals surface area contributed by atoms with Crippen LogP contribution in [0.4, 0.5) is 13.2 Å². The highest BCUT2D eigenvalue weighted by atomic mass is 19.4. The Bertz CT molecular complexity index is 420. The first-order valence-electron chi connectivity index (χ1n) is 5.08. The van der Waals surface area contributed by atoms with Crippen LogP contribution in [-0.2, 0) is 11.3 Å². The van der Waals surface area contributed by atoms with Crippen LogP contribution in [0.5, 0.6) is 0 Å². The molecule has 1 aromatic rings. The van der Waals surface area contributed by atoms with E-state index in [1.165, 1.54) is 12.1 Å². The van der Waals surface area contributed by atoms with Crippen molar-refractivity contribution < 1.29 is 28.2 Å². The molecule has 7 heteroatoms. The number of halogens is 3. The van der Waals surface area contributed by atoms with Gasteiger partial charge in [-0.15, -0.1) is 0 Å². The standard InChI is InChI=1S/C11H12F3NO3/c12-11(13,14)10(18)15-5-7-3-1-2-4-8(7)9(17)6-16/h1-4,9,16-17H,5-6H2,(H,15,18). The summed E-state index contributed by atoms with van der Waals surface area (Å²) in [4.78, 5) is 10.6. The molecule has 18 heavy (non-hydrogen) atoms. The molecule has 0 aromatic heterocycles. The van der Waals surface area contributed by atoms with Crippen molar-refractivity contribution >= 4 is 5.91 Å². The highest BCUT2D eigenvalue weighted by molar-refractivity contribution is 5.81.